The van der Waals surface area contributed by atoms with Crippen molar-refractivity contribution in [1.29, 1.82) is 0 Å². The zero-order valence-electron chi connectivity index (χ0n) is 8.33. The maximum Gasteiger partial charge on any atom is 0.115 e. The molecule has 0 radical (unpaired) electrons. The van der Waals surface area contributed by atoms with Crippen molar-refractivity contribution in [2.75, 3.05) is 0 Å². The second kappa shape index (κ2) is 3.44. The van der Waals surface area contributed by atoms with Crippen LogP contribution < -0.4 is 0 Å². The van der Waals surface area contributed by atoms with Crippen molar-refractivity contribution in [3.63, 3.8) is 0 Å². The molecule has 2 rings (SSSR count). The molecule has 70 valence electrons. The van der Waals surface area contributed by atoms with Crippen LogP contribution in [0.3, 0.4) is 0 Å². The first-order valence-corrected chi connectivity index (χ1v) is 5.05. The maximum absolute atomic E-state index is 4.34. The third-order valence-electron chi connectivity index (χ3n) is 3.06. The van der Waals surface area contributed by atoms with E-state index in [0.717, 1.165) is 18.3 Å². The fourth-order valence-electron chi connectivity index (χ4n) is 2.04. The van der Waals surface area contributed by atoms with E-state index in [1.165, 1.54) is 24.1 Å². The highest BCUT2D eigenvalue weighted by Crippen LogP contribution is 2.28. The summed E-state index contributed by atoms with van der Waals surface area (Å²) >= 11 is 0. The minimum atomic E-state index is 0.781. The lowest BCUT2D eigenvalue weighted by Crippen LogP contribution is -2.20. The summed E-state index contributed by atoms with van der Waals surface area (Å²) in [7, 11) is 0. The molecular weight excluding hydrogens is 160 g/mol. The zero-order chi connectivity index (χ0) is 9.26. The first-order chi connectivity index (χ1) is 6.27. The molecule has 0 bridgehead atoms. The molecule has 0 N–H and O–H groups in total. The van der Waals surface area contributed by atoms with E-state index in [2.05, 4.69) is 23.8 Å². The molecule has 1 heterocycles. The van der Waals surface area contributed by atoms with Gasteiger partial charge in [0, 0.05) is 11.9 Å². The Hall–Kier alpha value is -0.920. The van der Waals surface area contributed by atoms with Crippen LogP contribution in [-0.2, 0) is 12.8 Å². The molecule has 0 saturated heterocycles. The molecular formula is C11H16N2. The first-order valence-electron chi connectivity index (χ1n) is 5.05. The maximum atomic E-state index is 4.34. The minimum absolute atomic E-state index is 0.781. The SMILES string of the molecule is CC(C)C1CCc2cncnc2C1. The third-order valence-corrected chi connectivity index (χ3v) is 3.06. The summed E-state index contributed by atoms with van der Waals surface area (Å²) in [6.45, 7) is 4.60. The molecule has 1 atom stereocenters. The van der Waals surface area contributed by atoms with Gasteiger partial charge in [-0.1, -0.05) is 13.8 Å². The Bertz CT molecular complexity index is 294. The Labute approximate surface area is 79.4 Å². The van der Waals surface area contributed by atoms with Gasteiger partial charge in [-0.3, -0.25) is 0 Å². The van der Waals surface area contributed by atoms with Crippen LogP contribution in [0.2, 0.25) is 0 Å². The second-order valence-corrected chi connectivity index (χ2v) is 4.24. The quantitative estimate of drug-likeness (QED) is 0.655. The van der Waals surface area contributed by atoms with Gasteiger partial charge in [0.25, 0.3) is 0 Å². The molecule has 1 aromatic rings. The molecule has 0 saturated carbocycles. The van der Waals surface area contributed by atoms with Gasteiger partial charge in [0.15, 0.2) is 0 Å². The van der Waals surface area contributed by atoms with E-state index in [9.17, 15) is 0 Å². The van der Waals surface area contributed by atoms with Crippen LogP contribution in [0.5, 0.6) is 0 Å². The van der Waals surface area contributed by atoms with Crippen LogP contribution in [0.15, 0.2) is 12.5 Å². The van der Waals surface area contributed by atoms with E-state index in [4.69, 9.17) is 0 Å². The summed E-state index contributed by atoms with van der Waals surface area (Å²) in [4.78, 5) is 8.40. The fraction of sp³-hybridized carbons (Fsp3) is 0.636. The molecule has 0 spiro atoms. The van der Waals surface area contributed by atoms with Crippen molar-refractivity contribution >= 4 is 0 Å². The lowest BCUT2D eigenvalue weighted by molar-refractivity contribution is 0.338. The standard InChI is InChI=1S/C11H16N2/c1-8(2)9-3-4-10-6-12-7-13-11(10)5-9/h6-9H,3-5H2,1-2H3. The first kappa shape index (κ1) is 8.67. The van der Waals surface area contributed by atoms with Gasteiger partial charge in [0.05, 0.1) is 0 Å². The van der Waals surface area contributed by atoms with Crippen molar-refractivity contribution in [3.8, 4) is 0 Å². The van der Waals surface area contributed by atoms with Gasteiger partial charge in [-0.05, 0) is 36.7 Å². The summed E-state index contributed by atoms with van der Waals surface area (Å²) in [5, 5.41) is 0. The van der Waals surface area contributed by atoms with Crippen molar-refractivity contribution in [1.82, 2.24) is 9.97 Å². The number of aryl methyl sites for hydroxylation is 1. The van der Waals surface area contributed by atoms with E-state index in [-0.39, 0.29) is 0 Å². The predicted octanol–water partition coefficient (Wildman–Crippen LogP) is 2.24. The third kappa shape index (κ3) is 1.71. The number of hydrogen-bond donors (Lipinski definition) is 0. The smallest absolute Gasteiger partial charge is 0.115 e. The van der Waals surface area contributed by atoms with Crippen molar-refractivity contribution in [2.24, 2.45) is 11.8 Å². The minimum Gasteiger partial charge on any atom is -0.245 e. The van der Waals surface area contributed by atoms with Crippen molar-refractivity contribution in [2.45, 2.75) is 33.1 Å². The topological polar surface area (TPSA) is 25.8 Å². The molecule has 0 aromatic carbocycles. The van der Waals surface area contributed by atoms with Gasteiger partial charge in [-0.2, -0.15) is 0 Å². The Morgan fingerprint density at radius 3 is 3.08 bits per heavy atom. The van der Waals surface area contributed by atoms with Gasteiger partial charge >= 0.3 is 0 Å². The molecule has 2 nitrogen and oxygen atoms in total. The number of rotatable bonds is 1. The highest BCUT2D eigenvalue weighted by molar-refractivity contribution is 5.19. The number of fused-ring (bicyclic) bond motifs is 1. The van der Waals surface area contributed by atoms with E-state index in [1.54, 1.807) is 6.33 Å². The van der Waals surface area contributed by atoms with Crippen molar-refractivity contribution < 1.29 is 0 Å². The monoisotopic (exact) mass is 176 g/mol. The fourth-order valence-corrected chi connectivity index (χ4v) is 2.04. The lowest BCUT2D eigenvalue weighted by atomic mass is 9.81. The van der Waals surface area contributed by atoms with Crippen LogP contribution in [-0.4, -0.2) is 9.97 Å². The van der Waals surface area contributed by atoms with Gasteiger partial charge in [-0.25, -0.2) is 9.97 Å². The lowest BCUT2D eigenvalue weighted by Gasteiger charge is -2.26. The van der Waals surface area contributed by atoms with Crippen molar-refractivity contribution in [3.05, 3.63) is 23.8 Å². The average Bonchev–Trinajstić information content (AvgIpc) is 2.17. The van der Waals surface area contributed by atoms with Gasteiger partial charge in [0.2, 0.25) is 0 Å². The normalized spacial score (nSPS) is 21.6. The van der Waals surface area contributed by atoms with Crippen LogP contribution in [0, 0.1) is 11.8 Å². The molecule has 13 heavy (non-hydrogen) atoms. The van der Waals surface area contributed by atoms with Crippen LogP contribution in [0.1, 0.15) is 31.5 Å². The summed E-state index contributed by atoms with van der Waals surface area (Å²) in [5.41, 5.74) is 2.64. The highest BCUT2D eigenvalue weighted by Gasteiger charge is 2.21. The average molecular weight is 176 g/mol. The zero-order valence-corrected chi connectivity index (χ0v) is 8.33. The Balaban J connectivity index is 2.20. The molecule has 1 aromatic heterocycles. The highest BCUT2D eigenvalue weighted by atomic mass is 14.8. The van der Waals surface area contributed by atoms with Gasteiger partial charge in [0.1, 0.15) is 6.33 Å². The molecule has 1 aliphatic carbocycles. The Morgan fingerprint density at radius 1 is 1.46 bits per heavy atom. The van der Waals surface area contributed by atoms with E-state index >= 15 is 0 Å². The van der Waals surface area contributed by atoms with Gasteiger partial charge in [-0.15, -0.1) is 0 Å². The van der Waals surface area contributed by atoms with E-state index < -0.39 is 0 Å². The molecule has 0 aliphatic heterocycles. The predicted molar refractivity (Wildman–Crippen MR) is 52.4 cm³/mol. The Morgan fingerprint density at radius 2 is 2.31 bits per heavy atom. The summed E-state index contributed by atoms with van der Waals surface area (Å²) < 4.78 is 0. The van der Waals surface area contributed by atoms with E-state index in [1.807, 2.05) is 6.20 Å². The molecule has 1 unspecified atom stereocenters. The van der Waals surface area contributed by atoms with Crippen LogP contribution in [0.25, 0.3) is 0 Å². The van der Waals surface area contributed by atoms with E-state index in [0.29, 0.717) is 0 Å². The van der Waals surface area contributed by atoms with Gasteiger partial charge < -0.3 is 0 Å². The molecule has 1 aliphatic rings. The Kier molecular flexibility index (Phi) is 2.30. The number of aromatic nitrogens is 2. The number of hydrogen-bond acceptors (Lipinski definition) is 2. The van der Waals surface area contributed by atoms with Crippen LogP contribution in [0.4, 0.5) is 0 Å². The molecule has 0 fully saturated rings. The largest absolute Gasteiger partial charge is 0.245 e. The molecule has 0 amide bonds. The summed E-state index contributed by atoms with van der Waals surface area (Å²) in [6.07, 6.45) is 7.26. The van der Waals surface area contributed by atoms with Crippen LogP contribution >= 0.6 is 0 Å². The summed E-state index contributed by atoms with van der Waals surface area (Å²) in [6, 6.07) is 0. The summed E-state index contributed by atoms with van der Waals surface area (Å²) in [5.74, 6) is 1.60. The molecule has 2 heteroatoms. The second-order valence-electron chi connectivity index (χ2n) is 4.24. The number of nitrogens with zero attached hydrogens (tertiary/aromatic N) is 2.